The molecule has 31 heavy (non-hydrogen) atoms. The lowest BCUT2D eigenvalue weighted by molar-refractivity contribution is -0.0323. The van der Waals surface area contributed by atoms with Crippen LogP contribution in [-0.2, 0) is 0 Å². The van der Waals surface area contributed by atoms with E-state index in [4.69, 9.17) is 4.74 Å². The Labute approximate surface area is 188 Å². The Morgan fingerprint density at radius 3 is 2.65 bits per heavy atom. The summed E-state index contributed by atoms with van der Waals surface area (Å²) in [5.74, 6) is 0.221. The number of Topliss-reactive ketones (excluding diaryl/α,β-unsaturated/α-hetero) is 1. The molecule has 2 aromatic carbocycles. The zero-order valence-corrected chi connectivity index (χ0v) is 18.1. The number of carbonyl (C=O) groups is 1. The summed E-state index contributed by atoms with van der Waals surface area (Å²) in [6.07, 6.45) is 3.32. The van der Waals surface area contributed by atoms with Crippen LogP contribution in [0, 0.1) is 0 Å². The fourth-order valence-electron chi connectivity index (χ4n) is 3.09. The molecule has 158 valence electrons. The minimum atomic E-state index is -4.41. The first-order valence-electron chi connectivity index (χ1n) is 9.04. The van der Waals surface area contributed by atoms with Crippen LogP contribution in [0.2, 0.25) is 0 Å². The number of halogens is 4. The predicted octanol–water partition coefficient (Wildman–Crippen LogP) is 6.75. The first-order chi connectivity index (χ1) is 14.8. The van der Waals surface area contributed by atoms with Gasteiger partial charge in [0.2, 0.25) is 0 Å². The summed E-state index contributed by atoms with van der Waals surface area (Å²) in [7, 11) is 0. The van der Waals surface area contributed by atoms with Crippen molar-refractivity contribution in [2.45, 2.75) is 5.51 Å². The van der Waals surface area contributed by atoms with Crippen LogP contribution in [0.25, 0.3) is 17.2 Å². The third-order valence-electron chi connectivity index (χ3n) is 4.49. The van der Waals surface area contributed by atoms with E-state index in [0.29, 0.717) is 39.4 Å². The summed E-state index contributed by atoms with van der Waals surface area (Å²) < 4.78 is 46.7. The van der Waals surface area contributed by atoms with Gasteiger partial charge in [-0.25, -0.2) is 0 Å². The molecule has 0 aliphatic carbocycles. The van der Waals surface area contributed by atoms with Crippen molar-refractivity contribution in [3.8, 4) is 16.9 Å². The van der Waals surface area contributed by atoms with E-state index in [2.05, 4.69) is 25.6 Å². The molecule has 0 saturated carbocycles. The van der Waals surface area contributed by atoms with Gasteiger partial charge >= 0.3 is 5.51 Å². The highest BCUT2D eigenvalue weighted by Crippen LogP contribution is 2.38. The highest BCUT2D eigenvalue weighted by molar-refractivity contribution is 9.10. The van der Waals surface area contributed by atoms with Gasteiger partial charge in [-0.05, 0) is 57.9 Å². The van der Waals surface area contributed by atoms with Gasteiger partial charge in [-0.15, -0.1) is 0 Å². The highest BCUT2D eigenvalue weighted by Gasteiger charge is 2.29. The number of fused-ring (bicyclic) bond motifs is 1. The van der Waals surface area contributed by atoms with Crippen LogP contribution in [0.5, 0.6) is 5.75 Å². The molecule has 1 aliphatic heterocycles. The van der Waals surface area contributed by atoms with E-state index in [1.807, 2.05) is 6.07 Å². The Kier molecular flexibility index (Phi) is 6.06. The Morgan fingerprint density at radius 1 is 1.10 bits per heavy atom. The van der Waals surface area contributed by atoms with Gasteiger partial charge in [-0.2, -0.15) is 13.2 Å². The van der Waals surface area contributed by atoms with E-state index in [9.17, 15) is 18.0 Å². The van der Waals surface area contributed by atoms with Crippen LogP contribution >= 0.6 is 27.9 Å². The minimum Gasteiger partial charge on any atom is -0.488 e. The number of ketones is 1. The van der Waals surface area contributed by atoms with Gasteiger partial charge in [0, 0.05) is 21.8 Å². The average molecular weight is 507 g/mol. The van der Waals surface area contributed by atoms with Gasteiger partial charge in [-0.3, -0.25) is 9.78 Å². The van der Waals surface area contributed by atoms with Crippen LogP contribution in [0.15, 0.2) is 70.8 Å². The fraction of sp³-hybridized carbons (Fsp3) is 0.0909. The zero-order valence-electron chi connectivity index (χ0n) is 15.7. The molecule has 4 nitrogen and oxygen atoms in total. The summed E-state index contributed by atoms with van der Waals surface area (Å²) in [6.45, 7) is 0.0802. The lowest BCUT2D eigenvalue weighted by Gasteiger charge is -2.20. The number of alkyl halides is 3. The quantitative estimate of drug-likeness (QED) is 0.313. The number of rotatable bonds is 4. The van der Waals surface area contributed by atoms with E-state index in [0.717, 1.165) is 4.47 Å². The molecule has 0 spiro atoms. The number of benzene rings is 2. The number of pyridine rings is 1. The summed E-state index contributed by atoms with van der Waals surface area (Å²) in [4.78, 5) is 17.1. The molecule has 9 heteroatoms. The molecule has 2 heterocycles. The molecule has 0 atom stereocenters. The number of anilines is 1. The standard InChI is InChI=1S/C22H14BrF3N2O2S/c23-15-6-7-16(27-11-15)9-14-12-30-20-10-13(5-8-18(20)21(14)29)17-3-1-2-4-19(17)28-31-22(24,25)26/h1-11,28H,12H2/b14-9+. The Hall–Kier alpha value is -2.78. The SMILES string of the molecule is O=C1/C(=C/c2ccc(Br)cn2)COc2cc(-c3ccccc3NSC(F)(F)F)ccc21. The van der Waals surface area contributed by atoms with E-state index < -0.39 is 5.51 Å². The van der Waals surface area contributed by atoms with Crippen molar-refractivity contribution in [1.29, 1.82) is 0 Å². The summed E-state index contributed by atoms with van der Waals surface area (Å²) >= 11 is 2.99. The maximum atomic E-state index is 12.9. The molecule has 1 aliphatic rings. The molecule has 4 rings (SSSR count). The minimum absolute atomic E-state index is 0.0802. The number of nitrogens with one attached hydrogen (secondary N) is 1. The first kappa shape index (κ1) is 21.5. The molecule has 1 aromatic heterocycles. The third-order valence-corrected chi connectivity index (χ3v) is 5.51. The summed E-state index contributed by atoms with van der Waals surface area (Å²) in [5, 5.41) is 0. The second kappa shape index (κ2) is 8.76. The van der Waals surface area contributed by atoms with E-state index in [1.54, 1.807) is 60.8 Å². The molecule has 0 unspecified atom stereocenters. The lowest BCUT2D eigenvalue weighted by Crippen LogP contribution is -2.19. The number of hydrogen-bond acceptors (Lipinski definition) is 5. The van der Waals surface area contributed by atoms with Crippen molar-refractivity contribution >= 4 is 45.4 Å². The van der Waals surface area contributed by atoms with Crippen molar-refractivity contribution in [1.82, 2.24) is 4.98 Å². The van der Waals surface area contributed by atoms with Gasteiger partial charge in [0.25, 0.3) is 0 Å². The van der Waals surface area contributed by atoms with E-state index in [1.165, 1.54) is 0 Å². The van der Waals surface area contributed by atoms with Gasteiger partial charge in [0.05, 0.1) is 28.9 Å². The Morgan fingerprint density at radius 2 is 1.90 bits per heavy atom. The molecule has 0 amide bonds. The molecule has 0 fully saturated rings. The van der Waals surface area contributed by atoms with E-state index in [-0.39, 0.29) is 24.3 Å². The second-order valence-electron chi connectivity index (χ2n) is 6.60. The molecular weight excluding hydrogens is 493 g/mol. The Balaban J connectivity index is 1.61. The van der Waals surface area contributed by atoms with Crippen LogP contribution in [-0.4, -0.2) is 22.9 Å². The van der Waals surface area contributed by atoms with Crippen molar-refractivity contribution < 1.29 is 22.7 Å². The third kappa shape index (κ3) is 5.11. The molecular formula is C22H14BrF3N2O2S. The molecule has 0 saturated heterocycles. The molecule has 3 aromatic rings. The topological polar surface area (TPSA) is 51.2 Å². The van der Waals surface area contributed by atoms with Gasteiger partial charge < -0.3 is 9.46 Å². The molecule has 1 N–H and O–H groups in total. The zero-order chi connectivity index (χ0) is 22.0. The average Bonchev–Trinajstić information content (AvgIpc) is 2.75. The van der Waals surface area contributed by atoms with Gasteiger partial charge in [0.1, 0.15) is 12.4 Å². The number of para-hydroxylation sites is 1. The predicted molar refractivity (Wildman–Crippen MR) is 119 cm³/mol. The van der Waals surface area contributed by atoms with Crippen LogP contribution in [0.4, 0.5) is 18.9 Å². The van der Waals surface area contributed by atoms with Gasteiger partial charge in [0.15, 0.2) is 5.78 Å². The van der Waals surface area contributed by atoms with Crippen LogP contribution < -0.4 is 9.46 Å². The highest BCUT2D eigenvalue weighted by atomic mass is 79.9. The second-order valence-corrected chi connectivity index (χ2v) is 8.38. The number of carbonyl (C=O) groups excluding carboxylic acids is 1. The largest absolute Gasteiger partial charge is 0.488 e. The summed E-state index contributed by atoms with van der Waals surface area (Å²) in [5.41, 5.74) is -1.39. The van der Waals surface area contributed by atoms with Crippen molar-refractivity contribution in [2.75, 3.05) is 11.3 Å². The number of ether oxygens (including phenoxy) is 1. The van der Waals surface area contributed by atoms with Crippen molar-refractivity contribution in [3.05, 3.63) is 82.1 Å². The maximum absolute atomic E-state index is 12.9. The van der Waals surface area contributed by atoms with Crippen LogP contribution in [0.3, 0.4) is 0 Å². The Bertz CT molecular complexity index is 1160. The van der Waals surface area contributed by atoms with Crippen molar-refractivity contribution in [3.63, 3.8) is 0 Å². The summed E-state index contributed by atoms with van der Waals surface area (Å²) in [6, 6.07) is 15.2. The molecule has 0 radical (unpaired) electrons. The maximum Gasteiger partial charge on any atom is 0.461 e. The smallest absolute Gasteiger partial charge is 0.461 e. The van der Waals surface area contributed by atoms with Gasteiger partial charge in [-0.1, -0.05) is 24.3 Å². The monoisotopic (exact) mass is 506 g/mol. The first-order valence-corrected chi connectivity index (χ1v) is 10.6. The van der Waals surface area contributed by atoms with Crippen LogP contribution in [0.1, 0.15) is 16.1 Å². The normalized spacial score (nSPS) is 14.8. The number of hydrogen-bond donors (Lipinski definition) is 1. The number of aromatic nitrogens is 1. The number of nitrogens with zero attached hydrogens (tertiary/aromatic N) is 1. The lowest BCUT2D eigenvalue weighted by atomic mass is 9.95. The fourth-order valence-corrected chi connectivity index (χ4v) is 3.72. The van der Waals surface area contributed by atoms with E-state index >= 15 is 0 Å². The molecule has 0 bridgehead atoms. The van der Waals surface area contributed by atoms with Crippen molar-refractivity contribution in [2.24, 2.45) is 0 Å².